The van der Waals surface area contributed by atoms with Crippen LogP contribution in [0.5, 0.6) is 0 Å². The van der Waals surface area contributed by atoms with Crippen molar-refractivity contribution in [1.29, 1.82) is 0 Å². The second-order valence-electron chi connectivity index (χ2n) is 6.48. The molecule has 0 bridgehead atoms. The van der Waals surface area contributed by atoms with Crippen LogP contribution in [-0.4, -0.2) is 36.4 Å². The number of hydrogen-bond donors (Lipinski definition) is 1. The minimum Gasteiger partial charge on any atom is -0.324 e. The highest BCUT2D eigenvalue weighted by Crippen LogP contribution is 2.26. The monoisotopic (exact) mass is 494 g/mol. The smallest absolute Gasteiger partial charge is 0.234 e. The van der Waals surface area contributed by atoms with Crippen molar-refractivity contribution in [3.05, 3.63) is 64.2 Å². The first-order valence-electron chi connectivity index (χ1n) is 9.21. The number of thioether (sulfide) groups is 2. The van der Waals surface area contributed by atoms with Crippen LogP contribution in [0.2, 0.25) is 10.0 Å². The number of carbonyl (C=O) groups excluding carboxylic acids is 1. The van der Waals surface area contributed by atoms with Crippen molar-refractivity contribution < 1.29 is 4.79 Å². The SMILES string of the molecule is C=CCn1c(CSc2nc(C)cc(C)n2)nnc1SCC(=O)Nc1ccc(Cl)cc1Cl. The highest BCUT2D eigenvalue weighted by molar-refractivity contribution is 7.99. The van der Waals surface area contributed by atoms with Gasteiger partial charge < -0.3 is 9.88 Å². The summed E-state index contributed by atoms with van der Waals surface area (Å²) in [6, 6.07) is 6.84. The zero-order valence-corrected chi connectivity index (χ0v) is 20.1. The molecule has 0 unspecified atom stereocenters. The number of nitrogens with one attached hydrogen (secondary N) is 1. The molecule has 2 heterocycles. The number of benzene rings is 1. The minimum absolute atomic E-state index is 0.154. The topological polar surface area (TPSA) is 85.6 Å². The highest BCUT2D eigenvalue weighted by atomic mass is 35.5. The summed E-state index contributed by atoms with van der Waals surface area (Å²) >= 11 is 14.8. The molecule has 11 heteroatoms. The Hall–Kier alpha value is -2.07. The predicted molar refractivity (Wildman–Crippen MR) is 127 cm³/mol. The summed E-state index contributed by atoms with van der Waals surface area (Å²) in [7, 11) is 0. The van der Waals surface area contributed by atoms with Gasteiger partial charge in [-0.3, -0.25) is 4.79 Å². The van der Waals surface area contributed by atoms with Gasteiger partial charge >= 0.3 is 0 Å². The van der Waals surface area contributed by atoms with Gasteiger partial charge in [-0.05, 0) is 38.1 Å². The molecular weight excluding hydrogens is 475 g/mol. The molecule has 0 saturated carbocycles. The number of halogens is 2. The summed E-state index contributed by atoms with van der Waals surface area (Å²) in [6.45, 7) is 8.22. The molecule has 1 aromatic carbocycles. The van der Waals surface area contributed by atoms with E-state index in [2.05, 4.69) is 32.1 Å². The molecule has 0 aliphatic rings. The molecule has 162 valence electrons. The van der Waals surface area contributed by atoms with Crippen LogP contribution in [0, 0.1) is 13.8 Å². The molecule has 0 fully saturated rings. The molecular formula is C20H20Cl2N6OS2. The summed E-state index contributed by atoms with van der Waals surface area (Å²) < 4.78 is 1.93. The van der Waals surface area contributed by atoms with E-state index in [0.717, 1.165) is 17.2 Å². The number of rotatable bonds is 9. The molecule has 31 heavy (non-hydrogen) atoms. The Morgan fingerprint density at radius 1 is 1.16 bits per heavy atom. The van der Waals surface area contributed by atoms with E-state index in [1.54, 1.807) is 24.3 Å². The molecule has 0 radical (unpaired) electrons. The first-order chi connectivity index (χ1) is 14.9. The maximum atomic E-state index is 12.4. The number of anilines is 1. The van der Waals surface area contributed by atoms with Crippen molar-refractivity contribution in [2.75, 3.05) is 11.1 Å². The fourth-order valence-electron chi connectivity index (χ4n) is 2.64. The Balaban J connectivity index is 1.64. The summed E-state index contributed by atoms with van der Waals surface area (Å²) in [5.41, 5.74) is 2.35. The van der Waals surface area contributed by atoms with Crippen LogP contribution in [0.25, 0.3) is 0 Å². The van der Waals surface area contributed by atoms with Gasteiger partial charge in [0.05, 0.1) is 22.2 Å². The number of amides is 1. The first-order valence-corrected chi connectivity index (χ1v) is 11.9. The van der Waals surface area contributed by atoms with Crippen molar-refractivity contribution in [1.82, 2.24) is 24.7 Å². The molecule has 7 nitrogen and oxygen atoms in total. The molecule has 2 aromatic heterocycles. The Labute approximate surface area is 199 Å². The Bertz CT molecular complexity index is 1090. The van der Waals surface area contributed by atoms with Crippen molar-refractivity contribution in [2.45, 2.75) is 36.5 Å². The Morgan fingerprint density at radius 3 is 2.58 bits per heavy atom. The van der Waals surface area contributed by atoms with E-state index in [1.807, 2.05) is 24.5 Å². The van der Waals surface area contributed by atoms with Crippen molar-refractivity contribution in [2.24, 2.45) is 0 Å². The maximum Gasteiger partial charge on any atom is 0.234 e. The summed E-state index contributed by atoms with van der Waals surface area (Å²) in [5, 5.41) is 13.5. The average molecular weight is 495 g/mol. The standard InChI is InChI=1S/C20H20Cl2N6OS2/c1-4-7-28-17(10-30-19-23-12(2)8-13(3)24-19)26-27-20(28)31-11-18(29)25-16-6-5-14(21)9-15(16)22/h4-6,8-9H,1,7,10-11H2,2-3H3,(H,25,29). The van der Waals surface area contributed by atoms with Crippen LogP contribution in [-0.2, 0) is 17.1 Å². The van der Waals surface area contributed by atoms with Gasteiger partial charge in [-0.2, -0.15) is 0 Å². The third-order valence-electron chi connectivity index (χ3n) is 3.93. The normalized spacial score (nSPS) is 10.8. The highest BCUT2D eigenvalue weighted by Gasteiger charge is 2.15. The lowest BCUT2D eigenvalue weighted by atomic mass is 10.3. The lowest BCUT2D eigenvalue weighted by Gasteiger charge is -2.09. The van der Waals surface area contributed by atoms with Crippen LogP contribution in [0.3, 0.4) is 0 Å². The van der Waals surface area contributed by atoms with E-state index in [1.165, 1.54) is 23.5 Å². The van der Waals surface area contributed by atoms with Crippen LogP contribution in [0.1, 0.15) is 17.2 Å². The van der Waals surface area contributed by atoms with Gasteiger partial charge in [-0.15, -0.1) is 16.8 Å². The number of allylic oxidation sites excluding steroid dienone is 1. The molecule has 1 N–H and O–H groups in total. The lowest BCUT2D eigenvalue weighted by molar-refractivity contribution is -0.113. The van der Waals surface area contributed by atoms with E-state index in [0.29, 0.717) is 38.3 Å². The number of nitrogens with zero attached hydrogens (tertiary/aromatic N) is 5. The fraction of sp³-hybridized carbons (Fsp3) is 0.250. The number of aryl methyl sites for hydroxylation is 2. The molecule has 0 aliphatic carbocycles. The quantitative estimate of drug-likeness (QED) is 0.248. The van der Waals surface area contributed by atoms with E-state index in [9.17, 15) is 4.79 Å². The molecule has 0 aliphatic heterocycles. The van der Waals surface area contributed by atoms with Gasteiger partial charge in [0.25, 0.3) is 0 Å². The summed E-state index contributed by atoms with van der Waals surface area (Å²) in [5.74, 6) is 1.26. The predicted octanol–water partition coefficient (Wildman–Crippen LogP) is 5.20. The number of carbonyl (C=O) groups is 1. The van der Waals surface area contributed by atoms with Crippen LogP contribution in [0.4, 0.5) is 5.69 Å². The second kappa shape index (κ2) is 11.0. The third-order valence-corrected chi connectivity index (χ3v) is 6.29. The lowest BCUT2D eigenvalue weighted by Crippen LogP contribution is -2.15. The van der Waals surface area contributed by atoms with E-state index in [-0.39, 0.29) is 11.7 Å². The van der Waals surface area contributed by atoms with E-state index >= 15 is 0 Å². The Kier molecular flexibility index (Phi) is 8.36. The number of aromatic nitrogens is 5. The molecule has 3 aromatic rings. The fourth-order valence-corrected chi connectivity index (χ4v) is 4.75. The molecule has 0 atom stereocenters. The number of hydrogen-bond acceptors (Lipinski definition) is 7. The average Bonchev–Trinajstić information content (AvgIpc) is 3.08. The van der Waals surface area contributed by atoms with Crippen molar-refractivity contribution in [3.8, 4) is 0 Å². The maximum absolute atomic E-state index is 12.4. The van der Waals surface area contributed by atoms with E-state index in [4.69, 9.17) is 23.2 Å². The van der Waals surface area contributed by atoms with Crippen molar-refractivity contribution >= 4 is 58.3 Å². The van der Waals surface area contributed by atoms with Gasteiger partial charge in [0, 0.05) is 23.0 Å². The van der Waals surface area contributed by atoms with Crippen molar-refractivity contribution in [3.63, 3.8) is 0 Å². The molecule has 0 spiro atoms. The van der Waals surface area contributed by atoms with Gasteiger partial charge in [0.15, 0.2) is 10.3 Å². The molecule has 0 saturated heterocycles. The van der Waals surface area contributed by atoms with Gasteiger partial charge in [0.2, 0.25) is 5.91 Å². The Morgan fingerprint density at radius 2 is 1.90 bits per heavy atom. The largest absolute Gasteiger partial charge is 0.324 e. The zero-order chi connectivity index (χ0) is 22.4. The van der Waals surface area contributed by atoms with Crippen LogP contribution < -0.4 is 5.32 Å². The first kappa shape index (κ1) is 23.6. The zero-order valence-electron chi connectivity index (χ0n) is 16.9. The van der Waals surface area contributed by atoms with Crippen LogP contribution in [0.15, 0.2) is 47.2 Å². The molecule has 1 amide bonds. The van der Waals surface area contributed by atoms with Crippen LogP contribution >= 0.6 is 46.7 Å². The van der Waals surface area contributed by atoms with Gasteiger partial charge in [-0.25, -0.2) is 9.97 Å². The molecule has 3 rings (SSSR count). The summed E-state index contributed by atoms with van der Waals surface area (Å²) in [4.78, 5) is 21.2. The second-order valence-corrected chi connectivity index (χ2v) is 9.21. The summed E-state index contributed by atoms with van der Waals surface area (Å²) in [6.07, 6.45) is 1.77. The van der Waals surface area contributed by atoms with E-state index < -0.39 is 0 Å². The third kappa shape index (κ3) is 6.70. The van der Waals surface area contributed by atoms with Gasteiger partial charge in [-0.1, -0.05) is 52.8 Å². The minimum atomic E-state index is -0.207. The van der Waals surface area contributed by atoms with Gasteiger partial charge in [0.1, 0.15) is 5.82 Å².